The van der Waals surface area contributed by atoms with E-state index >= 15 is 0 Å². The number of aldehydes is 1. The summed E-state index contributed by atoms with van der Waals surface area (Å²) in [6.07, 6.45) is -0.00626. The SMILES string of the molecule is CC(C)OC(=O)C(Cl)=C(Cl)C=O. The fourth-order valence-corrected chi connectivity index (χ4v) is 0.581. The van der Waals surface area contributed by atoms with Crippen molar-refractivity contribution >= 4 is 35.5 Å². The third kappa shape index (κ3) is 3.74. The Morgan fingerprint density at radius 3 is 2.25 bits per heavy atom. The Balaban J connectivity index is 4.39. The van der Waals surface area contributed by atoms with Crippen molar-refractivity contribution in [1.82, 2.24) is 0 Å². The van der Waals surface area contributed by atoms with Gasteiger partial charge in [0, 0.05) is 0 Å². The van der Waals surface area contributed by atoms with Crippen molar-refractivity contribution in [2.24, 2.45) is 0 Å². The van der Waals surface area contributed by atoms with Crippen molar-refractivity contribution < 1.29 is 14.3 Å². The van der Waals surface area contributed by atoms with Gasteiger partial charge in [-0.15, -0.1) is 0 Å². The molecule has 0 spiro atoms. The Hall–Kier alpha value is -0.540. The van der Waals surface area contributed by atoms with Crippen LogP contribution in [0.3, 0.4) is 0 Å². The molecular formula is C7H8Cl2O3. The van der Waals surface area contributed by atoms with Gasteiger partial charge in [0.15, 0.2) is 6.29 Å². The molecule has 3 nitrogen and oxygen atoms in total. The quantitative estimate of drug-likeness (QED) is 0.406. The third-order valence-electron chi connectivity index (χ3n) is 0.835. The van der Waals surface area contributed by atoms with Gasteiger partial charge in [-0.25, -0.2) is 4.79 Å². The molecule has 0 aliphatic carbocycles. The number of carbonyl (C=O) groups is 2. The van der Waals surface area contributed by atoms with Gasteiger partial charge in [-0.2, -0.15) is 0 Å². The minimum atomic E-state index is -0.788. The molecule has 0 aromatic carbocycles. The van der Waals surface area contributed by atoms with E-state index in [-0.39, 0.29) is 22.5 Å². The average Bonchev–Trinajstić information content (AvgIpc) is 2.00. The number of allylic oxidation sites excluding steroid dienone is 1. The highest BCUT2D eigenvalue weighted by molar-refractivity contribution is 6.51. The van der Waals surface area contributed by atoms with Crippen molar-refractivity contribution in [2.75, 3.05) is 0 Å². The highest BCUT2D eigenvalue weighted by atomic mass is 35.5. The van der Waals surface area contributed by atoms with Crippen molar-refractivity contribution in [1.29, 1.82) is 0 Å². The first-order valence-electron chi connectivity index (χ1n) is 3.20. The Morgan fingerprint density at radius 1 is 1.42 bits per heavy atom. The number of carbonyl (C=O) groups excluding carboxylic acids is 2. The smallest absolute Gasteiger partial charge is 0.351 e. The van der Waals surface area contributed by atoms with Crippen LogP contribution in [0.2, 0.25) is 0 Å². The van der Waals surface area contributed by atoms with E-state index in [2.05, 4.69) is 4.74 Å². The van der Waals surface area contributed by atoms with Crippen molar-refractivity contribution in [2.45, 2.75) is 20.0 Å². The van der Waals surface area contributed by atoms with Crippen LogP contribution in [-0.4, -0.2) is 18.4 Å². The molecule has 0 radical (unpaired) electrons. The van der Waals surface area contributed by atoms with Gasteiger partial charge in [-0.3, -0.25) is 4.79 Å². The van der Waals surface area contributed by atoms with Crippen LogP contribution in [0.1, 0.15) is 13.8 Å². The van der Waals surface area contributed by atoms with E-state index in [4.69, 9.17) is 23.2 Å². The highest BCUT2D eigenvalue weighted by Gasteiger charge is 2.13. The predicted octanol–water partition coefficient (Wildman–Crippen LogP) is 1.83. The third-order valence-corrected chi connectivity index (χ3v) is 1.57. The summed E-state index contributed by atoms with van der Waals surface area (Å²) in [6.45, 7) is 3.33. The van der Waals surface area contributed by atoms with Gasteiger partial charge < -0.3 is 4.74 Å². The second-order valence-corrected chi connectivity index (χ2v) is 3.02. The van der Waals surface area contributed by atoms with Crippen LogP contribution in [0, 0.1) is 0 Å². The second-order valence-electron chi connectivity index (χ2n) is 2.23. The maximum Gasteiger partial charge on any atom is 0.351 e. The number of halogens is 2. The molecule has 0 aliphatic rings. The molecule has 0 saturated carbocycles. The van der Waals surface area contributed by atoms with Gasteiger partial charge in [0.2, 0.25) is 0 Å². The number of rotatable bonds is 3. The van der Waals surface area contributed by atoms with Crippen LogP contribution in [0.5, 0.6) is 0 Å². The fraction of sp³-hybridized carbons (Fsp3) is 0.429. The van der Waals surface area contributed by atoms with E-state index in [1.165, 1.54) is 0 Å². The summed E-state index contributed by atoms with van der Waals surface area (Å²) >= 11 is 10.6. The fourth-order valence-electron chi connectivity index (χ4n) is 0.415. The zero-order chi connectivity index (χ0) is 9.72. The van der Waals surface area contributed by atoms with Crippen molar-refractivity contribution in [3.8, 4) is 0 Å². The predicted molar refractivity (Wildman–Crippen MR) is 46.0 cm³/mol. The van der Waals surface area contributed by atoms with Crippen LogP contribution in [0.15, 0.2) is 10.1 Å². The standard InChI is InChI=1S/C7H8Cl2O3/c1-4(2)12-7(11)6(9)5(8)3-10/h3-4H,1-2H3. The normalized spacial score (nSPS) is 12.4. The molecule has 0 N–H and O–H groups in total. The first-order chi connectivity index (χ1) is 5.49. The molecule has 12 heavy (non-hydrogen) atoms. The summed E-state index contributed by atoms with van der Waals surface area (Å²) in [5.74, 6) is -0.788. The summed E-state index contributed by atoms with van der Waals surface area (Å²) in [5, 5.41) is -0.734. The summed E-state index contributed by atoms with van der Waals surface area (Å²) < 4.78 is 4.66. The van der Waals surface area contributed by atoms with Gasteiger partial charge in [-0.1, -0.05) is 23.2 Å². The summed E-state index contributed by atoms with van der Waals surface area (Å²) in [5.41, 5.74) is 0. The molecule has 0 amide bonds. The highest BCUT2D eigenvalue weighted by Crippen LogP contribution is 2.13. The Morgan fingerprint density at radius 2 is 1.92 bits per heavy atom. The number of ether oxygens (including phenoxy) is 1. The van der Waals surface area contributed by atoms with Gasteiger partial charge >= 0.3 is 5.97 Å². The van der Waals surface area contributed by atoms with Gasteiger partial charge in [0.25, 0.3) is 0 Å². The zero-order valence-electron chi connectivity index (χ0n) is 6.64. The molecule has 0 unspecified atom stereocenters. The number of esters is 1. The lowest BCUT2D eigenvalue weighted by molar-refractivity contribution is -0.141. The number of hydrogen-bond donors (Lipinski definition) is 0. The van der Waals surface area contributed by atoms with Crippen LogP contribution in [-0.2, 0) is 14.3 Å². The van der Waals surface area contributed by atoms with Crippen LogP contribution < -0.4 is 0 Å². The van der Waals surface area contributed by atoms with E-state index in [1.54, 1.807) is 13.8 Å². The van der Waals surface area contributed by atoms with Gasteiger partial charge in [-0.05, 0) is 13.8 Å². The monoisotopic (exact) mass is 210 g/mol. The summed E-state index contributed by atoms with van der Waals surface area (Å²) in [6, 6.07) is 0. The Bertz CT molecular complexity index is 221. The van der Waals surface area contributed by atoms with Crippen LogP contribution >= 0.6 is 23.2 Å². The molecule has 0 aliphatic heterocycles. The second kappa shape index (κ2) is 5.17. The lowest BCUT2D eigenvalue weighted by Gasteiger charge is -2.06. The molecule has 0 atom stereocenters. The van der Waals surface area contributed by atoms with E-state index in [0.29, 0.717) is 0 Å². The maximum atomic E-state index is 10.9. The van der Waals surface area contributed by atoms with E-state index in [9.17, 15) is 9.59 Å². The largest absolute Gasteiger partial charge is 0.459 e. The molecule has 0 bridgehead atoms. The Labute approximate surface area is 80.3 Å². The van der Waals surface area contributed by atoms with Crippen LogP contribution in [0.25, 0.3) is 0 Å². The van der Waals surface area contributed by atoms with E-state index in [0.717, 1.165) is 0 Å². The zero-order valence-corrected chi connectivity index (χ0v) is 8.15. The molecule has 0 aromatic heterocycles. The molecular weight excluding hydrogens is 203 g/mol. The topological polar surface area (TPSA) is 43.4 Å². The number of hydrogen-bond acceptors (Lipinski definition) is 3. The van der Waals surface area contributed by atoms with Crippen LogP contribution in [0.4, 0.5) is 0 Å². The maximum absolute atomic E-state index is 10.9. The van der Waals surface area contributed by atoms with Crippen molar-refractivity contribution in [3.05, 3.63) is 10.1 Å². The van der Waals surface area contributed by atoms with Gasteiger partial charge in [0.1, 0.15) is 10.1 Å². The lowest BCUT2D eigenvalue weighted by Crippen LogP contribution is -2.12. The van der Waals surface area contributed by atoms with E-state index < -0.39 is 5.97 Å². The minimum Gasteiger partial charge on any atom is -0.459 e. The first-order valence-corrected chi connectivity index (χ1v) is 3.96. The van der Waals surface area contributed by atoms with Gasteiger partial charge in [0.05, 0.1) is 6.10 Å². The molecule has 0 heterocycles. The lowest BCUT2D eigenvalue weighted by atomic mass is 10.4. The summed E-state index contributed by atoms with van der Waals surface area (Å²) in [4.78, 5) is 21.0. The van der Waals surface area contributed by atoms with Crippen molar-refractivity contribution in [3.63, 3.8) is 0 Å². The average molecular weight is 211 g/mol. The first kappa shape index (κ1) is 11.5. The van der Waals surface area contributed by atoms with E-state index in [1.807, 2.05) is 0 Å². The molecule has 5 heteroatoms. The molecule has 68 valence electrons. The molecule has 0 aromatic rings. The Kier molecular flexibility index (Phi) is 4.93. The molecule has 0 fully saturated rings. The minimum absolute atomic E-state index is 0.283. The summed E-state index contributed by atoms with van der Waals surface area (Å²) in [7, 11) is 0. The molecule has 0 saturated heterocycles. The molecule has 0 rings (SSSR count).